The molecule has 3 aromatic rings. The summed E-state index contributed by atoms with van der Waals surface area (Å²) in [5, 5.41) is 2.22. The van der Waals surface area contributed by atoms with Gasteiger partial charge in [0.15, 0.2) is 0 Å². The van der Waals surface area contributed by atoms with Gasteiger partial charge in [0.2, 0.25) is 4.38 Å². The van der Waals surface area contributed by atoms with Gasteiger partial charge in [0.1, 0.15) is 6.29 Å². The predicted molar refractivity (Wildman–Crippen MR) is 138 cm³/mol. The average molecular weight is 469 g/mol. The molecule has 0 bridgehead atoms. The van der Waals surface area contributed by atoms with Crippen LogP contribution in [0.1, 0.15) is 22.8 Å². The number of carbonyl (C=O) groups excluding carboxylic acids is 1. The Morgan fingerprint density at radius 2 is 1.47 bits per heavy atom. The van der Waals surface area contributed by atoms with Gasteiger partial charge in [-0.2, -0.15) is 0 Å². The van der Waals surface area contributed by atoms with Crippen LogP contribution in [-0.4, -0.2) is 17.3 Å². The zero-order chi connectivity index (χ0) is 21.4. The van der Waals surface area contributed by atoms with Crippen molar-refractivity contribution in [2.24, 2.45) is 0 Å². The number of thioether (sulfide) groups is 1. The van der Waals surface area contributed by atoms with Crippen molar-refractivity contribution < 1.29 is 9.53 Å². The normalized spacial score (nSPS) is 11.7. The van der Waals surface area contributed by atoms with Crippen LogP contribution in [0.3, 0.4) is 0 Å². The van der Waals surface area contributed by atoms with E-state index < -0.39 is 6.04 Å². The van der Waals surface area contributed by atoms with Crippen LogP contribution in [0.25, 0.3) is 4.91 Å². The van der Waals surface area contributed by atoms with Gasteiger partial charge in [-0.25, -0.2) is 0 Å². The van der Waals surface area contributed by atoms with Crippen LogP contribution in [0, 0.1) is 0 Å². The molecule has 0 spiro atoms. The molecule has 3 aromatic carbocycles. The lowest BCUT2D eigenvalue weighted by atomic mass is 10.1. The maximum Gasteiger partial charge on any atom is 0.224 e. The molecule has 0 fully saturated rings. The molecular formula is C24H21O2PS3. The topological polar surface area (TPSA) is 26.3 Å². The van der Waals surface area contributed by atoms with E-state index in [2.05, 4.69) is 30.1 Å². The van der Waals surface area contributed by atoms with Gasteiger partial charge in [0.05, 0.1) is 6.61 Å². The summed E-state index contributed by atoms with van der Waals surface area (Å²) >= 11 is 13.2. The third-order valence-electron chi connectivity index (χ3n) is 4.37. The van der Waals surface area contributed by atoms with Crippen molar-refractivity contribution in [1.29, 1.82) is 0 Å². The Hall–Kier alpha value is -2.04. The molecule has 0 aromatic heterocycles. The van der Waals surface area contributed by atoms with Gasteiger partial charge in [0.25, 0.3) is 0 Å². The molecule has 0 radical (unpaired) electrons. The molecule has 0 saturated carbocycles. The zero-order valence-corrected chi connectivity index (χ0v) is 19.8. The molecule has 0 unspecified atom stereocenters. The smallest absolute Gasteiger partial charge is 0.224 e. The molecule has 0 aliphatic heterocycles. The van der Waals surface area contributed by atoms with E-state index in [9.17, 15) is 4.79 Å². The lowest BCUT2D eigenvalue weighted by molar-refractivity contribution is 0.112. The average Bonchev–Trinajstić information content (AvgIpc) is 2.80. The maximum atomic E-state index is 11.1. The second kappa shape index (κ2) is 10.8. The Morgan fingerprint density at radius 3 is 1.93 bits per heavy atom. The molecule has 0 heterocycles. The summed E-state index contributed by atoms with van der Waals surface area (Å²) in [6, 6.07) is 25.6. The standard InChI is InChI=1S/C24H21O2PS3/c1-2-26-24(28)30-23(20-15-13-19(17-25)14-16-20)18-27(29,21-9-5-3-6-10-21)22-11-7-4-8-12-22/h3-18H,2H2,1H3/b23-18+. The van der Waals surface area contributed by atoms with Crippen LogP contribution in [-0.2, 0) is 16.5 Å². The predicted octanol–water partition coefficient (Wildman–Crippen LogP) is 5.98. The lowest BCUT2D eigenvalue weighted by Crippen LogP contribution is -2.14. The summed E-state index contributed by atoms with van der Waals surface area (Å²) in [4.78, 5) is 12.0. The molecule has 0 amide bonds. The second-order valence-corrected chi connectivity index (χ2v) is 12.3. The monoisotopic (exact) mass is 468 g/mol. The van der Waals surface area contributed by atoms with E-state index in [1.807, 2.05) is 55.5 Å². The summed E-state index contributed by atoms with van der Waals surface area (Å²) < 4.78 is 5.99. The van der Waals surface area contributed by atoms with Crippen LogP contribution in [0.5, 0.6) is 0 Å². The number of aldehydes is 1. The molecule has 0 aliphatic carbocycles. The summed E-state index contributed by atoms with van der Waals surface area (Å²) in [6.45, 7) is 2.42. The first-order valence-corrected chi connectivity index (χ1v) is 13.5. The van der Waals surface area contributed by atoms with Crippen molar-refractivity contribution in [3.63, 3.8) is 0 Å². The second-order valence-electron chi connectivity index (χ2n) is 6.35. The van der Waals surface area contributed by atoms with Crippen LogP contribution in [0.2, 0.25) is 0 Å². The van der Waals surface area contributed by atoms with Gasteiger partial charge < -0.3 is 4.74 Å². The molecule has 0 aliphatic rings. The van der Waals surface area contributed by atoms with Gasteiger partial charge >= 0.3 is 0 Å². The van der Waals surface area contributed by atoms with Crippen molar-refractivity contribution in [2.75, 3.05) is 6.61 Å². The molecule has 6 heteroatoms. The number of thiocarbonyl (C=S) groups is 1. The van der Waals surface area contributed by atoms with Crippen molar-refractivity contribution in [1.82, 2.24) is 0 Å². The van der Waals surface area contributed by atoms with E-state index in [-0.39, 0.29) is 0 Å². The first-order chi connectivity index (χ1) is 14.6. The molecule has 30 heavy (non-hydrogen) atoms. The molecular weight excluding hydrogens is 447 g/mol. The van der Waals surface area contributed by atoms with E-state index >= 15 is 0 Å². The molecule has 0 N–H and O–H groups in total. The lowest BCUT2D eigenvalue weighted by Gasteiger charge is -2.22. The number of hydrogen-bond donors (Lipinski definition) is 0. The highest BCUT2D eigenvalue weighted by Gasteiger charge is 2.22. The quantitative estimate of drug-likeness (QED) is 0.241. The fourth-order valence-corrected chi connectivity index (χ4v) is 8.12. The number of hydrogen-bond acceptors (Lipinski definition) is 5. The zero-order valence-electron chi connectivity index (χ0n) is 16.4. The molecule has 0 atom stereocenters. The number of benzene rings is 3. The highest BCUT2D eigenvalue weighted by Crippen LogP contribution is 2.50. The Morgan fingerprint density at radius 1 is 0.933 bits per heavy atom. The summed E-state index contributed by atoms with van der Waals surface area (Å²) in [5.74, 6) is 2.17. The van der Waals surface area contributed by atoms with Crippen LogP contribution >= 0.6 is 30.0 Å². The van der Waals surface area contributed by atoms with Gasteiger partial charge in [0, 0.05) is 16.5 Å². The summed E-state index contributed by atoms with van der Waals surface area (Å²) in [7, 11) is 0. The van der Waals surface area contributed by atoms with Crippen LogP contribution in [0.4, 0.5) is 0 Å². The number of ether oxygens (including phenoxy) is 1. The van der Waals surface area contributed by atoms with Gasteiger partial charge in [-0.1, -0.05) is 96.7 Å². The fourth-order valence-electron chi connectivity index (χ4n) is 2.89. The Labute approximate surface area is 192 Å². The first kappa shape index (κ1) is 22.6. The van der Waals surface area contributed by atoms with Gasteiger partial charge in [-0.3, -0.25) is 4.79 Å². The molecule has 152 valence electrons. The minimum atomic E-state index is -2.27. The van der Waals surface area contributed by atoms with Gasteiger partial charge in [-0.15, -0.1) is 0 Å². The van der Waals surface area contributed by atoms with E-state index in [4.69, 9.17) is 28.8 Å². The van der Waals surface area contributed by atoms with E-state index in [1.54, 1.807) is 12.1 Å². The minimum absolute atomic E-state index is 0.450. The van der Waals surface area contributed by atoms with E-state index in [1.165, 1.54) is 11.8 Å². The SMILES string of the molecule is CCOC(=S)S/C(=C/P(=S)(c1ccccc1)c1ccccc1)c1ccc(C=O)cc1. The fraction of sp³-hybridized carbons (Fsp3) is 0.0833. The van der Waals surface area contributed by atoms with E-state index in [0.717, 1.165) is 27.4 Å². The Balaban J connectivity index is 2.18. The van der Waals surface area contributed by atoms with Crippen molar-refractivity contribution in [2.45, 2.75) is 6.92 Å². The summed E-state index contributed by atoms with van der Waals surface area (Å²) in [5.41, 5.74) is 1.58. The highest BCUT2D eigenvalue weighted by molar-refractivity contribution is 8.30. The van der Waals surface area contributed by atoms with Crippen LogP contribution in [0.15, 0.2) is 90.7 Å². The third kappa shape index (κ3) is 5.55. The highest BCUT2D eigenvalue weighted by atomic mass is 32.4. The van der Waals surface area contributed by atoms with E-state index in [0.29, 0.717) is 16.6 Å². The maximum absolute atomic E-state index is 11.1. The summed E-state index contributed by atoms with van der Waals surface area (Å²) in [6.07, 6.45) is 0.837. The van der Waals surface area contributed by atoms with Crippen molar-refractivity contribution in [3.8, 4) is 0 Å². The molecule has 3 rings (SSSR count). The molecule has 0 saturated heterocycles. The third-order valence-corrected chi connectivity index (χ3v) is 10.1. The van der Waals surface area contributed by atoms with Crippen molar-refractivity contribution >= 4 is 68.0 Å². The first-order valence-electron chi connectivity index (χ1n) is 9.41. The minimum Gasteiger partial charge on any atom is -0.479 e. The number of carbonyl (C=O) groups is 1. The van der Waals surface area contributed by atoms with Crippen molar-refractivity contribution in [3.05, 3.63) is 102 Å². The largest absolute Gasteiger partial charge is 0.479 e. The molecule has 2 nitrogen and oxygen atoms in total. The Bertz CT molecular complexity index is 1030. The van der Waals surface area contributed by atoms with Crippen LogP contribution < -0.4 is 10.6 Å². The number of rotatable bonds is 7. The van der Waals surface area contributed by atoms with Gasteiger partial charge in [-0.05, 0) is 52.9 Å². The Kier molecular flexibility index (Phi) is 8.17.